The maximum Gasteiger partial charge on any atom is 0.219 e. The van der Waals surface area contributed by atoms with Crippen LogP contribution in [0, 0.1) is 0 Å². The van der Waals surface area contributed by atoms with Gasteiger partial charge in [-0.2, -0.15) is 0 Å². The van der Waals surface area contributed by atoms with Gasteiger partial charge in [0.1, 0.15) is 6.10 Å². The van der Waals surface area contributed by atoms with Crippen molar-refractivity contribution >= 4 is 0 Å². The maximum absolute atomic E-state index is 8.87. The molecule has 0 amide bonds. The summed E-state index contributed by atoms with van der Waals surface area (Å²) in [5.74, 6) is 0. The quantitative estimate of drug-likeness (QED) is 0.297. The van der Waals surface area contributed by atoms with Crippen LogP contribution in [0.4, 0.5) is 0 Å². The second kappa shape index (κ2) is 5.57. The molecular formula is C5H12O5. The summed E-state index contributed by atoms with van der Waals surface area (Å²) in [6, 6.07) is 0. The van der Waals surface area contributed by atoms with Gasteiger partial charge in [0.2, 0.25) is 6.29 Å². The zero-order chi connectivity index (χ0) is 7.98. The highest BCUT2D eigenvalue weighted by atomic mass is 17.2. The molecule has 0 aliphatic carbocycles. The molecule has 5 heteroatoms. The molecule has 0 aromatic carbocycles. The molecule has 0 fully saturated rings. The molecule has 0 bridgehead atoms. The topological polar surface area (TPSA) is 68.2 Å². The Labute approximate surface area is 59.1 Å². The minimum absolute atomic E-state index is 0.429. The van der Waals surface area contributed by atoms with Crippen LogP contribution < -0.4 is 0 Å². The van der Waals surface area contributed by atoms with Crippen LogP contribution in [0.2, 0.25) is 0 Å². The van der Waals surface area contributed by atoms with Crippen LogP contribution in [0.25, 0.3) is 0 Å². The van der Waals surface area contributed by atoms with E-state index in [2.05, 4.69) is 14.5 Å². The Morgan fingerprint density at radius 2 is 2.00 bits per heavy atom. The van der Waals surface area contributed by atoms with Gasteiger partial charge in [-0.1, -0.05) is 0 Å². The number of aliphatic hydroxyl groups excluding tert-OH is 2. The van der Waals surface area contributed by atoms with Crippen molar-refractivity contribution in [2.24, 2.45) is 0 Å². The van der Waals surface area contributed by atoms with E-state index in [1.807, 2.05) is 0 Å². The van der Waals surface area contributed by atoms with Crippen molar-refractivity contribution in [2.45, 2.75) is 12.4 Å². The second-order valence-electron chi connectivity index (χ2n) is 1.62. The fraction of sp³-hybridized carbons (Fsp3) is 1.00. The molecule has 0 spiro atoms. The number of ether oxygens (including phenoxy) is 1. The van der Waals surface area contributed by atoms with Crippen LogP contribution >= 0.6 is 0 Å². The first-order chi connectivity index (χ1) is 4.76. The molecule has 0 aromatic rings. The van der Waals surface area contributed by atoms with E-state index in [4.69, 9.17) is 10.2 Å². The molecule has 2 atom stereocenters. The molecule has 2 unspecified atom stereocenters. The Hall–Kier alpha value is -0.200. The van der Waals surface area contributed by atoms with E-state index >= 15 is 0 Å². The lowest BCUT2D eigenvalue weighted by Crippen LogP contribution is -2.33. The molecular weight excluding hydrogens is 140 g/mol. The number of methoxy groups -OCH3 is 1. The summed E-state index contributed by atoms with van der Waals surface area (Å²) >= 11 is 0. The van der Waals surface area contributed by atoms with Gasteiger partial charge < -0.3 is 14.9 Å². The van der Waals surface area contributed by atoms with Gasteiger partial charge in [0.25, 0.3) is 0 Å². The largest absolute Gasteiger partial charge is 0.393 e. The molecule has 0 aliphatic heterocycles. The lowest BCUT2D eigenvalue weighted by atomic mass is 10.4. The van der Waals surface area contributed by atoms with E-state index in [9.17, 15) is 0 Å². The molecule has 0 saturated heterocycles. The standard InChI is InChI=1S/C5H12O5/c1-8-5(10-9-2)4(7)3-6/h4-7H,3H2,1-2H3. The highest BCUT2D eigenvalue weighted by molar-refractivity contribution is 4.54. The van der Waals surface area contributed by atoms with E-state index < -0.39 is 19.0 Å². The van der Waals surface area contributed by atoms with E-state index in [1.54, 1.807) is 0 Å². The summed E-state index contributed by atoms with van der Waals surface area (Å²) in [5, 5.41) is 17.3. The Kier molecular flexibility index (Phi) is 5.46. The average Bonchev–Trinajstić information content (AvgIpc) is 1.99. The fourth-order valence-corrected chi connectivity index (χ4v) is 0.441. The zero-order valence-corrected chi connectivity index (χ0v) is 5.98. The number of hydrogen-bond donors (Lipinski definition) is 2. The first kappa shape index (κ1) is 9.80. The third-order valence-corrected chi connectivity index (χ3v) is 0.925. The molecule has 0 rings (SSSR count). The molecule has 0 heterocycles. The maximum atomic E-state index is 8.87. The fourth-order valence-electron chi connectivity index (χ4n) is 0.441. The SMILES string of the molecule is COOC(OC)C(O)CO. The van der Waals surface area contributed by atoms with Crippen molar-refractivity contribution in [3.8, 4) is 0 Å². The number of aliphatic hydroxyl groups is 2. The van der Waals surface area contributed by atoms with Crippen molar-refractivity contribution < 1.29 is 24.7 Å². The van der Waals surface area contributed by atoms with Gasteiger partial charge in [-0.05, 0) is 0 Å². The van der Waals surface area contributed by atoms with Gasteiger partial charge in [0, 0.05) is 7.11 Å². The lowest BCUT2D eigenvalue weighted by Gasteiger charge is -2.17. The van der Waals surface area contributed by atoms with Crippen molar-refractivity contribution in [3.05, 3.63) is 0 Å². The van der Waals surface area contributed by atoms with E-state index in [0.717, 1.165) is 0 Å². The first-order valence-electron chi connectivity index (χ1n) is 2.77. The van der Waals surface area contributed by atoms with E-state index in [-0.39, 0.29) is 0 Å². The van der Waals surface area contributed by atoms with Crippen molar-refractivity contribution in [2.75, 3.05) is 20.8 Å². The zero-order valence-electron chi connectivity index (χ0n) is 5.98. The normalized spacial score (nSPS) is 16.8. The molecule has 5 nitrogen and oxygen atoms in total. The summed E-state index contributed by atoms with van der Waals surface area (Å²) in [4.78, 5) is 8.63. The summed E-state index contributed by atoms with van der Waals surface area (Å²) in [6.45, 7) is -0.429. The second-order valence-corrected chi connectivity index (χ2v) is 1.62. The van der Waals surface area contributed by atoms with Crippen molar-refractivity contribution in [1.82, 2.24) is 0 Å². The van der Waals surface area contributed by atoms with E-state index in [1.165, 1.54) is 14.2 Å². The van der Waals surface area contributed by atoms with Crippen LogP contribution in [0.3, 0.4) is 0 Å². The van der Waals surface area contributed by atoms with Gasteiger partial charge in [0.15, 0.2) is 0 Å². The summed E-state index contributed by atoms with van der Waals surface area (Å²) in [7, 11) is 2.62. The summed E-state index contributed by atoms with van der Waals surface area (Å²) in [6.07, 6.45) is -2.01. The predicted octanol–water partition coefficient (Wildman–Crippen LogP) is -1.11. The van der Waals surface area contributed by atoms with Crippen LogP contribution in [-0.4, -0.2) is 43.4 Å². The monoisotopic (exact) mass is 152 g/mol. The van der Waals surface area contributed by atoms with Gasteiger partial charge in [-0.25, -0.2) is 9.78 Å². The van der Waals surface area contributed by atoms with Gasteiger partial charge in [-0.3, -0.25) is 0 Å². The average molecular weight is 152 g/mol. The Bertz CT molecular complexity index is 76.4. The predicted molar refractivity (Wildman–Crippen MR) is 32.0 cm³/mol. The van der Waals surface area contributed by atoms with Gasteiger partial charge >= 0.3 is 0 Å². The Morgan fingerprint density at radius 1 is 1.40 bits per heavy atom. The molecule has 62 valence electrons. The highest BCUT2D eigenvalue weighted by Crippen LogP contribution is 1.99. The number of rotatable bonds is 5. The number of hydrogen-bond acceptors (Lipinski definition) is 5. The highest BCUT2D eigenvalue weighted by Gasteiger charge is 2.18. The van der Waals surface area contributed by atoms with Crippen molar-refractivity contribution in [1.29, 1.82) is 0 Å². The first-order valence-corrected chi connectivity index (χ1v) is 2.77. The molecule has 10 heavy (non-hydrogen) atoms. The van der Waals surface area contributed by atoms with Gasteiger partial charge in [-0.15, -0.1) is 0 Å². The molecule has 0 aliphatic rings. The van der Waals surface area contributed by atoms with Crippen LogP contribution in [-0.2, 0) is 14.5 Å². The summed E-state index contributed by atoms with van der Waals surface area (Å²) in [5.41, 5.74) is 0. The molecule has 0 aromatic heterocycles. The van der Waals surface area contributed by atoms with Crippen LogP contribution in [0.5, 0.6) is 0 Å². The minimum Gasteiger partial charge on any atom is -0.393 e. The van der Waals surface area contributed by atoms with Crippen molar-refractivity contribution in [3.63, 3.8) is 0 Å². The molecule has 2 N–H and O–H groups in total. The van der Waals surface area contributed by atoms with Crippen LogP contribution in [0.1, 0.15) is 0 Å². The molecule has 0 saturated carbocycles. The lowest BCUT2D eigenvalue weighted by molar-refractivity contribution is -0.378. The van der Waals surface area contributed by atoms with Gasteiger partial charge in [0.05, 0.1) is 13.7 Å². The Balaban J connectivity index is 3.56. The van der Waals surface area contributed by atoms with Crippen LogP contribution in [0.15, 0.2) is 0 Å². The Morgan fingerprint density at radius 3 is 2.30 bits per heavy atom. The molecule has 0 radical (unpaired) electrons. The third-order valence-electron chi connectivity index (χ3n) is 0.925. The third kappa shape index (κ3) is 3.09. The van der Waals surface area contributed by atoms with E-state index in [0.29, 0.717) is 0 Å². The summed E-state index contributed by atoms with van der Waals surface area (Å²) < 4.78 is 4.59. The smallest absolute Gasteiger partial charge is 0.219 e. The minimum atomic E-state index is -1.08.